The minimum atomic E-state index is -0.118. The summed E-state index contributed by atoms with van der Waals surface area (Å²) in [4.78, 5) is 0. The Morgan fingerprint density at radius 2 is 2.33 bits per heavy atom. The maximum absolute atomic E-state index is 9.63. The maximum atomic E-state index is 9.63. The SMILES string of the molecule is CCC(C)CC1COCCC1O. The van der Waals surface area contributed by atoms with Crippen molar-refractivity contribution in [1.82, 2.24) is 0 Å². The van der Waals surface area contributed by atoms with E-state index in [0.717, 1.165) is 26.1 Å². The number of aliphatic hydroxyl groups excluding tert-OH is 1. The average Bonchev–Trinajstić information content (AvgIpc) is 2.09. The van der Waals surface area contributed by atoms with Gasteiger partial charge in [0.05, 0.1) is 12.7 Å². The summed E-state index contributed by atoms with van der Waals surface area (Å²) in [6.45, 7) is 5.92. The lowest BCUT2D eigenvalue weighted by Crippen LogP contribution is -2.32. The molecule has 1 N–H and O–H groups in total. The van der Waals surface area contributed by atoms with Crippen LogP contribution in [0.5, 0.6) is 0 Å². The van der Waals surface area contributed by atoms with E-state index in [2.05, 4.69) is 13.8 Å². The molecule has 3 atom stereocenters. The van der Waals surface area contributed by atoms with Gasteiger partial charge in [0.25, 0.3) is 0 Å². The Morgan fingerprint density at radius 1 is 1.58 bits per heavy atom. The molecule has 0 aromatic rings. The van der Waals surface area contributed by atoms with Crippen LogP contribution >= 0.6 is 0 Å². The molecule has 0 radical (unpaired) electrons. The molecule has 1 aliphatic heterocycles. The standard InChI is InChI=1S/C10H20O2/c1-3-8(2)6-9-7-12-5-4-10(9)11/h8-11H,3-7H2,1-2H3. The summed E-state index contributed by atoms with van der Waals surface area (Å²) in [6, 6.07) is 0. The van der Waals surface area contributed by atoms with Crippen LogP contribution in [-0.4, -0.2) is 24.4 Å². The molecule has 12 heavy (non-hydrogen) atoms. The summed E-state index contributed by atoms with van der Waals surface area (Å²) in [5, 5.41) is 9.63. The Bertz CT molecular complexity index is 125. The highest BCUT2D eigenvalue weighted by molar-refractivity contribution is 4.74. The minimum Gasteiger partial charge on any atom is -0.393 e. The number of aliphatic hydroxyl groups is 1. The second-order valence-electron chi connectivity index (χ2n) is 3.94. The van der Waals surface area contributed by atoms with Crippen LogP contribution in [-0.2, 0) is 4.74 Å². The molecule has 0 amide bonds. The molecular weight excluding hydrogens is 152 g/mol. The number of rotatable bonds is 3. The van der Waals surface area contributed by atoms with Crippen LogP contribution in [0.3, 0.4) is 0 Å². The molecule has 1 aliphatic rings. The quantitative estimate of drug-likeness (QED) is 0.703. The normalized spacial score (nSPS) is 33.2. The van der Waals surface area contributed by atoms with Gasteiger partial charge in [-0.15, -0.1) is 0 Å². The Balaban J connectivity index is 2.28. The van der Waals surface area contributed by atoms with Gasteiger partial charge in [-0.25, -0.2) is 0 Å². The van der Waals surface area contributed by atoms with E-state index in [1.54, 1.807) is 0 Å². The zero-order chi connectivity index (χ0) is 8.97. The third-order valence-electron chi connectivity index (χ3n) is 2.84. The van der Waals surface area contributed by atoms with Gasteiger partial charge in [-0.1, -0.05) is 20.3 Å². The van der Waals surface area contributed by atoms with Crippen LogP contribution in [0.2, 0.25) is 0 Å². The lowest BCUT2D eigenvalue weighted by Gasteiger charge is -2.29. The molecule has 72 valence electrons. The molecule has 0 saturated carbocycles. The van der Waals surface area contributed by atoms with Gasteiger partial charge in [0.1, 0.15) is 0 Å². The molecule has 0 bridgehead atoms. The molecule has 0 aliphatic carbocycles. The van der Waals surface area contributed by atoms with Crippen molar-refractivity contribution in [2.45, 2.75) is 39.2 Å². The fraction of sp³-hybridized carbons (Fsp3) is 1.00. The highest BCUT2D eigenvalue weighted by atomic mass is 16.5. The molecule has 1 heterocycles. The summed E-state index contributed by atoms with van der Waals surface area (Å²) in [5.74, 6) is 1.10. The molecule has 0 aromatic carbocycles. The van der Waals surface area contributed by atoms with Gasteiger partial charge in [0.15, 0.2) is 0 Å². The largest absolute Gasteiger partial charge is 0.393 e. The molecule has 1 fully saturated rings. The highest BCUT2D eigenvalue weighted by Gasteiger charge is 2.24. The smallest absolute Gasteiger partial charge is 0.0612 e. The molecule has 0 aromatic heterocycles. The maximum Gasteiger partial charge on any atom is 0.0612 e. The topological polar surface area (TPSA) is 29.5 Å². The van der Waals surface area contributed by atoms with Gasteiger partial charge in [-0.3, -0.25) is 0 Å². The lowest BCUT2D eigenvalue weighted by molar-refractivity contribution is -0.0429. The molecule has 2 heteroatoms. The molecule has 1 rings (SSSR count). The third kappa shape index (κ3) is 2.76. The second-order valence-corrected chi connectivity index (χ2v) is 3.94. The van der Waals surface area contributed by atoms with Crippen molar-refractivity contribution < 1.29 is 9.84 Å². The number of hydrogen-bond donors (Lipinski definition) is 1. The van der Waals surface area contributed by atoms with E-state index >= 15 is 0 Å². The Morgan fingerprint density at radius 3 is 2.92 bits per heavy atom. The average molecular weight is 172 g/mol. The zero-order valence-electron chi connectivity index (χ0n) is 8.12. The Kier molecular flexibility index (Phi) is 4.02. The van der Waals surface area contributed by atoms with Crippen LogP contribution in [0.1, 0.15) is 33.1 Å². The summed E-state index contributed by atoms with van der Waals surface area (Å²) >= 11 is 0. The Labute approximate surface area is 74.9 Å². The van der Waals surface area contributed by atoms with Crippen LogP contribution in [0, 0.1) is 11.8 Å². The minimum absolute atomic E-state index is 0.118. The van der Waals surface area contributed by atoms with Gasteiger partial charge in [-0.2, -0.15) is 0 Å². The van der Waals surface area contributed by atoms with E-state index in [4.69, 9.17) is 4.74 Å². The van der Waals surface area contributed by atoms with Crippen LogP contribution in [0.15, 0.2) is 0 Å². The van der Waals surface area contributed by atoms with E-state index in [1.165, 1.54) is 6.42 Å². The third-order valence-corrected chi connectivity index (χ3v) is 2.84. The van der Waals surface area contributed by atoms with Crippen LogP contribution in [0.25, 0.3) is 0 Å². The summed E-state index contributed by atoms with van der Waals surface area (Å²) in [7, 11) is 0. The van der Waals surface area contributed by atoms with Crippen molar-refractivity contribution in [3.05, 3.63) is 0 Å². The predicted molar refractivity (Wildman–Crippen MR) is 49.0 cm³/mol. The van der Waals surface area contributed by atoms with Gasteiger partial charge < -0.3 is 9.84 Å². The number of ether oxygens (including phenoxy) is 1. The van der Waals surface area contributed by atoms with Crippen molar-refractivity contribution in [2.24, 2.45) is 11.8 Å². The summed E-state index contributed by atoms with van der Waals surface area (Å²) < 4.78 is 5.34. The first kappa shape index (κ1) is 10.0. The van der Waals surface area contributed by atoms with Crippen LogP contribution < -0.4 is 0 Å². The van der Waals surface area contributed by atoms with Gasteiger partial charge in [-0.05, 0) is 18.8 Å². The van der Waals surface area contributed by atoms with Crippen LogP contribution in [0.4, 0.5) is 0 Å². The fourth-order valence-corrected chi connectivity index (χ4v) is 1.69. The van der Waals surface area contributed by atoms with Crippen molar-refractivity contribution in [2.75, 3.05) is 13.2 Å². The molecule has 1 saturated heterocycles. The molecular formula is C10H20O2. The van der Waals surface area contributed by atoms with E-state index in [9.17, 15) is 5.11 Å². The Hall–Kier alpha value is -0.0800. The van der Waals surface area contributed by atoms with Gasteiger partial charge in [0, 0.05) is 12.5 Å². The van der Waals surface area contributed by atoms with Crippen molar-refractivity contribution >= 4 is 0 Å². The first-order chi connectivity index (χ1) is 5.74. The van der Waals surface area contributed by atoms with E-state index in [0.29, 0.717) is 11.8 Å². The summed E-state index contributed by atoms with van der Waals surface area (Å²) in [5.41, 5.74) is 0. The first-order valence-electron chi connectivity index (χ1n) is 4.99. The van der Waals surface area contributed by atoms with Gasteiger partial charge in [0.2, 0.25) is 0 Å². The molecule has 0 spiro atoms. The highest BCUT2D eigenvalue weighted by Crippen LogP contribution is 2.23. The predicted octanol–water partition coefficient (Wildman–Crippen LogP) is 1.82. The van der Waals surface area contributed by atoms with E-state index < -0.39 is 0 Å². The van der Waals surface area contributed by atoms with Crippen molar-refractivity contribution in [1.29, 1.82) is 0 Å². The van der Waals surface area contributed by atoms with Gasteiger partial charge >= 0.3 is 0 Å². The molecule has 3 unspecified atom stereocenters. The monoisotopic (exact) mass is 172 g/mol. The lowest BCUT2D eigenvalue weighted by atomic mass is 9.88. The van der Waals surface area contributed by atoms with Crippen molar-refractivity contribution in [3.63, 3.8) is 0 Å². The summed E-state index contributed by atoms with van der Waals surface area (Å²) in [6.07, 6.45) is 3.01. The van der Waals surface area contributed by atoms with E-state index in [1.807, 2.05) is 0 Å². The second kappa shape index (κ2) is 4.83. The zero-order valence-corrected chi connectivity index (χ0v) is 8.12. The molecule has 2 nitrogen and oxygen atoms in total. The van der Waals surface area contributed by atoms with E-state index in [-0.39, 0.29) is 6.10 Å². The number of hydrogen-bond acceptors (Lipinski definition) is 2. The first-order valence-corrected chi connectivity index (χ1v) is 4.99. The fourth-order valence-electron chi connectivity index (χ4n) is 1.69. The van der Waals surface area contributed by atoms with Crippen molar-refractivity contribution in [3.8, 4) is 0 Å².